The van der Waals surface area contributed by atoms with Gasteiger partial charge in [0, 0.05) is 42.8 Å². The zero-order valence-corrected chi connectivity index (χ0v) is 11.3. The van der Waals surface area contributed by atoms with Crippen LogP contribution in [-0.2, 0) is 0 Å². The second-order valence-electron chi connectivity index (χ2n) is 5.05. The number of hydrogen-bond acceptors (Lipinski definition) is 2. The molecular weight excluding hydrogens is 252 g/mol. The van der Waals surface area contributed by atoms with Crippen molar-refractivity contribution in [2.75, 3.05) is 20.1 Å². The molecule has 1 aromatic heterocycles. The number of amides is 2. The first-order valence-electron chi connectivity index (χ1n) is 6.67. The van der Waals surface area contributed by atoms with Gasteiger partial charge in [-0.25, -0.2) is 4.79 Å². The monoisotopic (exact) mass is 268 g/mol. The Morgan fingerprint density at radius 2 is 2.25 bits per heavy atom. The van der Waals surface area contributed by atoms with Gasteiger partial charge in [-0.3, -0.25) is 0 Å². The minimum atomic E-state index is -0.00414. The van der Waals surface area contributed by atoms with Gasteiger partial charge in [0.1, 0.15) is 0 Å². The number of hydrogen-bond donors (Lipinski definition) is 1. The Morgan fingerprint density at radius 1 is 1.45 bits per heavy atom. The second kappa shape index (κ2) is 4.89. The van der Waals surface area contributed by atoms with Gasteiger partial charge in [0.05, 0.1) is 18.5 Å². The van der Waals surface area contributed by atoms with E-state index in [0.717, 1.165) is 16.5 Å². The molecule has 1 aliphatic heterocycles. The van der Waals surface area contributed by atoms with E-state index in [4.69, 9.17) is 5.26 Å². The predicted molar refractivity (Wildman–Crippen MR) is 76.0 cm³/mol. The summed E-state index contributed by atoms with van der Waals surface area (Å²) in [4.78, 5) is 18.9. The summed E-state index contributed by atoms with van der Waals surface area (Å²) in [6.45, 7) is 1.14. The van der Waals surface area contributed by atoms with Gasteiger partial charge in [0.15, 0.2) is 0 Å². The molecule has 2 amide bonds. The number of rotatable bonds is 3. The fourth-order valence-corrected chi connectivity index (χ4v) is 2.81. The van der Waals surface area contributed by atoms with Crippen molar-refractivity contribution in [1.29, 1.82) is 5.26 Å². The molecule has 5 heteroatoms. The van der Waals surface area contributed by atoms with E-state index in [9.17, 15) is 4.79 Å². The first-order chi connectivity index (χ1) is 9.72. The molecule has 102 valence electrons. The topological polar surface area (TPSA) is 63.1 Å². The molecule has 0 aliphatic carbocycles. The highest BCUT2D eigenvalue weighted by Crippen LogP contribution is 2.32. The van der Waals surface area contributed by atoms with E-state index < -0.39 is 0 Å². The number of para-hydroxylation sites is 1. The summed E-state index contributed by atoms with van der Waals surface area (Å²) in [5, 5.41) is 9.82. The van der Waals surface area contributed by atoms with Gasteiger partial charge in [-0.1, -0.05) is 18.2 Å². The molecule has 0 spiro atoms. The molecule has 3 rings (SSSR count). The van der Waals surface area contributed by atoms with E-state index in [-0.39, 0.29) is 12.1 Å². The summed E-state index contributed by atoms with van der Waals surface area (Å²) >= 11 is 0. The molecule has 0 saturated carbocycles. The molecule has 20 heavy (non-hydrogen) atoms. The van der Waals surface area contributed by atoms with Crippen LogP contribution in [0.5, 0.6) is 0 Å². The summed E-state index contributed by atoms with van der Waals surface area (Å²) in [5.41, 5.74) is 2.22. The number of aromatic amines is 1. The van der Waals surface area contributed by atoms with E-state index in [0.29, 0.717) is 19.5 Å². The third-order valence-electron chi connectivity index (χ3n) is 3.91. The Morgan fingerprint density at radius 3 is 3.05 bits per heavy atom. The van der Waals surface area contributed by atoms with Crippen LogP contribution in [0.3, 0.4) is 0 Å². The normalized spacial score (nSPS) is 18.8. The molecular formula is C15H16N4O. The lowest BCUT2D eigenvalue weighted by Crippen LogP contribution is -2.30. The number of likely N-dealkylation sites (N-methyl/N-ethyl adjacent to an activating group) is 1. The van der Waals surface area contributed by atoms with Crippen molar-refractivity contribution in [2.45, 2.75) is 12.5 Å². The number of fused-ring (bicyclic) bond motifs is 1. The lowest BCUT2D eigenvalue weighted by atomic mass is 10.1. The highest BCUT2D eigenvalue weighted by atomic mass is 16.2. The van der Waals surface area contributed by atoms with Crippen LogP contribution in [0.4, 0.5) is 4.79 Å². The maximum Gasteiger partial charge on any atom is 0.320 e. The van der Waals surface area contributed by atoms with Crippen molar-refractivity contribution in [2.24, 2.45) is 0 Å². The van der Waals surface area contributed by atoms with Crippen LogP contribution in [0, 0.1) is 11.3 Å². The van der Waals surface area contributed by atoms with Gasteiger partial charge >= 0.3 is 6.03 Å². The predicted octanol–water partition coefficient (Wildman–Crippen LogP) is 2.49. The number of nitrogens with zero attached hydrogens (tertiary/aromatic N) is 3. The average Bonchev–Trinajstić information content (AvgIpc) is 3.00. The Hall–Kier alpha value is -2.48. The van der Waals surface area contributed by atoms with E-state index in [1.165, 1.54) is 0 Å². The Labute approximate surface area is 117 Å². The number of carbonyl (C=O) groups is 1. The van der Waals surface area contributed by atoms with E-state index in [2.05, 4.69) is 17.1 Å². The Kier molecular flexibility index (Phi) is 3.07. The lowest BCUT2D eigenvalue weighted by Gasteiger charge is -2.17. The zero-order valence-electron chi connectivity index (χ0n) is 11.3. The van der Waals surface area contributed by atoms with Gasteiger partial charge in [0.25, 0.3) is 0 Å². The van der Waals surface area contributed by atoms with Crippen molar-refractivity contribution in [3.63, 3.8) is 0 Å². The number of benzene rings is 1. The van der Waals surface area contributed by atoms with Gasteiger partial charge in [-0.05, 0) is 6.07 Å². The fraction of sp³-hybridized carbons (Fsp3) is 0.333. The van der Waals surface area contributed by atoms with E-state index in [1.54, 1.807) is 9.80 Å². The summed E-state index contributed by atoms with van der Waals surface area (Å²) in [5.74, 6) is 0. The van der Waals surface area contributed by atoms with Crippen molar-refractivity contribution >= 4 is 16.9 Å². The van der Waals surface area contributed by atoms with Gasteiger partial charge < -0.3 is 14.8 Å². The molecule has 1 unspecified atom stereocenters. The molecule has 2 aromatic rings. The number of H-pyrrole nitrogens is 1. The molecule has 1 N–H and O–H groups in total. The van der Waals surface area contributed by atoms with Gasteiger partial charge in [-0.15, -0.1) is 0 Å². The van der Waals surface area contributed by atoms with Crippen LogP contribution in [0.25, 0.3) is 10.9 Å². The van der Waals surface area contributed by atoms with Gasteiger partial charge in [0.2, 0.25) is 0 Å². The van der Waals surface area contributed by atoms with Crippen LogP contribution >= 0.6 is 0 Å². The van der Waals surface area contributed by atoms with Crippen LogP contribution in [0.15, 0.2) is 30.5 Å². The van der Waals surface area contributed by atoms with Crippen molar-refractivity contribution in [1.82, 2.24) is 14.8 Å². The van der Waals surface area contributed by atoms with Crippen molar-refractivity contribution in [3.05, 3.63) is 36.0 Å². The van der Waals surface area contributed by atoms with Gasteiger partial charge in [-0.2, -0.15) is 5.26 Å². The Balaban J connectivity index is 1.91. The molecule has 0 bridgehead atoms. The molecule has 1 aliphatic rings. The zero-order chi connectivity index (χ0) is 14.1. The highest BCUT2D eigenvalue weighted by molar-refractivity contribution is 5.85. The van der Waals surface area contributed by atoms with Crippen molar-refractivity contribution < 1.29 is 4.79 Å². The number of aromatic nitrogens is 1. The molecule has 5 nitrogen and oxygen atoms in total. The smallest absolute Gasteiger partial charge is 0.320 e. The molecule has 2 heterocycles. The summed E-state index contributed by atoms with van der Waals surface area (Å²) in [6, 6.07) is 10.2. The summed E-state index contributed by atoms with van der Waals surface area (Å²) in [7, 11) is 1.82. The minimum Gasteiger partial charge on any atom is -0.361 e. The Bertz CT molecular complexity index is 684. The third kappa shape index (κ3) is 1.90. The van der Waals surface area contributed by atoms with Crippen LogP contribution in [-0.4, -0.2) is 41.0 Å². The second-order valence-corrected chi connectivity index (χ2v) is 5.05. The molecule has 0 radical (unpaired) electrons. The minimum absolute atomic E-state index is 0.00414. The maximum atomic E-state index is 12.2. The standard InChI is InChI=1S/C15H16N4O/c1-18-14(10-19(15(18)20)8-4-7-16)12-9-17-13-6-3-2-5-11(12)13/h2-3,5-6,9,14,17H,4,8,10H2,1H3. The maximum absolute atomic E-state index is 12.2. The van der Waals surface area contributed by atoms with Crippen LogP contribution < -0.4 is 0 Å². The summed E-state index contributed by atoms with van der Waals surface area (Å²) < 4.78 is 0. The fourth-order valence-electron chi connectivity index (χ4n) is 2.81. The van der Waals surface area contributed by atoms with Crippen LogP contribution in [0.1, 0.15) is 18.0 Å². The number of urea groups is 1. The third-order valence-corrected chi connectivity index (χ3v) is 3.91. The molecule has 1 saturated heterocycles. The quantitative estimate of drug-likeness (QED) is 0.929. The highest BCUT2D eigenvalue weighted by Gasteiger charge is 2.36. The molecule has 1 aromatic carbocycles. The first kappa shape index (κ1) is 12.5. The average molecular weight is 268 g/mol. The number of nitriles is 1. The first-order valence-corrected chi connectivity index (χ1v) is 6.67. The number of carbonyl (C=O) groups excluding carboxylic acids is 1. The molecule has 1 fully saturated rings. The largest absolute Gasteiger partial charge is 0.361 e. The molecule has 1 atom stereocenters. The lowest BCUT2D eigenvalue weighted by molar-refractivity contribution is 0.196. The van der Waals surface area contributed by atoms with E-state index >= 15 is 0 Å². The summed E-state index contributed by atoms with van der Waals surface area (Å²) in [6.07, 6.45) is 2.35. The van der Waals surface area contributed by atoms with Crippen LogP contribution in [0.2, 0.25) is 0 Å². The van der Waals surface area contributed by atoms with Crippen molar-refractivity contribution in [3.8, 4) is 6.07 Å². The van der Waals surface area contributed by atoms with E-state index in [1.807, 2.05) is 31.4 Å². The SMILES string of the molecule is CN1C(=O)N(CCC#N)CC1c1c[nH]c2ccccc12. The number of nitrogens with one attached hydrogen (secondary N) is 1.